The Morgan fingerprint density at radius 3 is 1.45 bits per heavy atom. The van der Waals surface area contributed by atoms with Crippen LogP contribution in [0.1, 0.15) is 295 Å². The third-order valence-electron chi connectivity index (χ3n) is 18.4. The molecule has 0 N–H and O–H groups in total. The lowest BCUT2D eigenvalue weighted by Crippen LogP contribution is -2.75. The van der Waals surface area contributed by atoms with Crippen LogP contribution in [0.4, 0.5) is 0 Å². The van der Waals surface area contributed by atoms with Gasteiger partial charge in [0.2, 0.25) is 0 Å². The van der Waals surface area contributed by atoms with E-state index in [1.165, 1.54) is 160 Å². The number of unbranched alkanes of at least 4 members (excludes halogenated alkanes) is 28. The fraction of sp³-hybridized carbons (Fsp3) is 0.706. The van der Waals surface area contributed by atoms with E-state index in [-0.39, 0.29) is 23.8 Å². The van der Waals surface area contributed by atoms with Gasteiger partial charge in [0.05, 0.1) is 0 Å². The fourth-order valence-electron chi connectivity index (χ4n) is 14.4. The molecule has 3 saturated carbocycles. The standard InChI is InChI=1S/C68H100O8/c1-3-5-7-9-11-13-15-17-19-21-23-25-27-29-35-47-60(69)73-57-45-39-43-55(51-57)59-53-67(65(72)75-59)66(49-37-32-38-50-66)63-62(54-41-33-31-34-42-54)64(71)76-68(63,67)56-44-40-46-58(52-56)74-61(70)48-36-30-28-26-24-22-20-18-16-14-12-10-8-6-4-2/h39-40,43-46,51-53,63H,3-38,41-42,47-50H2,1-2H3. The van der Waals surface area contributed by atoms with Gasteiger partial charge in [0.25, 0.3) is 0 Å². The molecule has 3 atom stereocenters. The summed E-state index contributed by atoms with van der Waals surface area (Å²) in [6, 6.07) is 14.7. The van der Waals surface area contributed by atoms with Gasteiger partial charge in [-0.25, -0.2) is 4.79 Å². The molecule has 2 aromatic carbocycles. The molecule has 7 rings (SSSR count). The smallest absolute Gasteiger partial charge is 0.335 e. The van der Waals surface area contributed by atoms with Crippen molar-refractivity contribution in [1.82, 2.24) is 0 Å². The summed E-state index contributed by atoms with van der Waals surface area (Å²) in [5, 5.41) is 0. The lowest BCUT2D eigenvalue weighted by Gasteiger charge is -2.69. The van der Waals surface area contributed by atoms with Gasteiger partial charge in [0.1, 0.15) is 22.7 Å². The molecule has 8 nitrogen and oxygen atoms in total. The van der Waals surface area contributed by atoms with Crippen LogP contribution in [0.5, 0.6) is 11.5 Å². The second kappa shape index (κ2) is 31.4. The molecule has 0 aromatic heterocycles. The molecular formula is C68H100O8. The number of hydrogen-bond acceptors (Lipinski definition) is 8. The molecule has 420 valence electrons. The number of hydrogen-bond donors (Lipinski definition) is 0. The fourth-order valence-corrected chi connectivity index (χ4v) is 14.4. The zero-order valence-electron chi connectivity index (χ0n) is 47.7. The minimum atomic E-state index is -1.39. The van der Waals surface area contributed by atoms with Crippen LogP contribution in [0.2, 0.25) is 0 Å². The normalized spacial score (nSPS) is 21.6. The molecule has 5 aliphatic rings. The number of fused-ring (bicyclic) bond motifs is 4. The van der Waals surface area contributed by atoms with Crippen LogP contribution in [-0.2, 0) is 34.3 Å². The zero-order valence-corrected chi connectivity index (χ0v) is 47.7. The molecule has 3 unspecified atom stereocenters. The number of carbonyl (C=O) groups excluding carboxylic acids is 4. The van der Waals surface area contributed by atoms with Crippen molar-refractivity contribution in [2.75, 3.05) is 0 Å². The summed E-state index contributed by atoms with van der Waals surface area (Å²) < 4.78 is 25.3. The predicted molar refractivity (Wildman–Crippen MR) is 307 cm³/mol. The van der Waals surface area contributed by atoms with Crippen molar-refractivity contribution in [3.63, 3.8) is 0 Å². The lowest BCUT2D eigenvalue weighted by atomic mass is 9.31. The minimum Gasteiger partial charge on any atom is -0.449 e. The van der Waals surface area contributed by atoms with Gasteiger partial charge in [-0.2, -0.15) is 0 Å². The molecule has 1 saturated heterocycles. The van der Waals surface area contributed by atoms with Crippen molar-refractivity contribution in [2.45, 2.75) is 289 Å². The van der Waals surface area contributed by atoms with Crippen LogP contribution in [-0.4, -0.2) is 23.9 Å². The van der Waals surface area contributed by atoms with E-state index in [0.29, 0.717) is 41.2 Å². The van der Waals surface area contributed by atoms with E-state index in [4.69, 9.17) is 18.9 Å². The molecule has 2 aromatic rings. The topological polar surface area (TPSA) is 105 Å². The first-order chi connectivity index (χ1) is 37.3. The van der Waals surface area contributed by atoms with Crippen molar-refractivity contribution in [3.05, 3.63) is 76.9 Å². The number of benzene rings is 2. The van der Waals surface area contributed by atoms with E-state index < -0.39 is 22.4 Å². The second-order valence-electron chi connectivity index (χ2n) is 24.0. The summed E-state index contributed by atoms with van der Waals surface area (Å²) in [6.07, 6.45) is 49.9. The van der Waals surface area contributed by atoms with Crippen molar-refractivity contribution >= 4 is 29.6 Å². The molecule has 2 spiro atoms. The van der Waals surface area contributed by atoms with Crippen molar-refractivity contribution in [1.29, 1.82) is 0 Å². The van der Waals surface area contributed by atoms with Gasteiger partial charge in [0.15, 0.2) is 5.60 Å². The summed E-state index contributed by atoms with van der Waals surface area (Å²) in [5.41, 5.74) is -0.125. The summed E-state index contributed by atoms with van der Waals surface area (Å²) in [6.45, 7) is 4.55. The van der Waals surface area contributed by atoms with Crippen LogP contribution >= 0.6 is 0 Å². The number of esters is 4. The first-order valence-corrected chi connectivity index (χ1v) is 31.8. The average Bonchev–Trinajstić information content (AvgIpc) is 2.96. The van der Waals surface area contributed by atoms with Gasteiger partial charge in [-0.05, 0) is 81.7 Å². The monoisotopic (exact) mass is 1040 g/mol. The van der Waals surface area contributed by atoms with Crippen LogP contribution in [0.15, 0.2) is 65.8 Å². The molecular weight excluding hydrogens is 945 g/mol. The number of cyclic esters (lactones) is 1. The lowest BCUT2D eigenvalue weighted by molar-refractivity contribution is -0.278. The predicted octanol–water partition coefficient (Wildman–Crippen LogP) is 19.2. The van der Waals surface area contributed by atoms with Crippen LogP contribution < -0.4 is 9.47 Å². The molecule has 2 heterocycles. The molecule has 0 amide bonds. The Morgan fingerprint density at radius 1 is 0.526 bits per heavy atom. The number of ether oxygens (including phenoxy) is 4. The maximum atomic E-state index is 15.3. The third kappa shape index (κ3) is 15.1. The van der Waals surface area contributed by atoms with E-state index in [9.17, 15) is 14.4 Å². The highest BCUT2D eigenvalue weighted by molar-refractivity contribution is 6.02. The summed E-state index contributed by atoms with van der Waals surface area (Å²) >= 11 is 0. The largest absolute Gasteiger partial charge is 0.449 e. The maximum absolute atomic E-state index is 15.3. The molecule has 8 heteroatoms. The van der Waals surface area contributed by atoms with Crippen LogP contribution in [0.3, 0.4) is 0 Å². The number of carbonyl (C=O) groups is 4. The first-order valence-electron chi connectivity index (χ1n) is 31.8. The van der Waals surface area contributed by atoms with Crippen LogP contribution in [0, 0.1) is 16.7 Å². The Morgan fingerprint density at radius 2 is 0.961 bits per heavy atom. The highest BCUT2D eigenvalue weighted by Gasteiger charge is 2.89. The third-order valence-corrected chi connectivity index (χ3v) is 18.4. The highest BCUT2D eigenvalue weighted by atomic mass is 16.6. The van der Waals surface area contributed by atoms with E-state index in [0.717, 1.165) is 108 Å². The molecule has 0 bridgehead atoms. The van der Waals surface area contributed by atoms with Crippen LogP contribution in [0.25, 0.3) is 5.76 Å². The van der Waals surface area contributed by atoms with E-state index in [1.54, 1.807) is 18.2 Å². The van der Waals surface area contributed by atoms with Gasteiger partial charge in [-0.1, -0.05) is 249 Å². The number of rotatable bonds is 36. The maximum Gasteiger partial charge on any atom is 0.335 e. The summed E-state index contributed by atoms with van der Waals surface area (Å²) in [7, 11) is 0. The molecule has 4 fully saturated rings. The van der Waals surface area contributed by atoms with Gasteiger partial charge in [-0.15, -0.1) is 0 Å². The average molecular weight is 1050 g/mol. The van der Waals surface area contributed by atoms with Crippen molar-refractivity contribution < 1.29 is 38.1 Å². The van der Waals surface area contributed by atoms with E-state index in [1.807, 2.05) is 36.4 Å². The molecule has 3 aliphatic carbocycles. The summed E-state index contributed by atoms with van der Waals surface area (Å²) in [5.74, 6) is -0.479. The Kier molecular flexibility index (Phi) is 24.6. The van der Waals surface area contributed by atoms with Crippen molar-refractivity contribution in [2.24, 2.45) is 16.7 Å². The van der Waals surface area contributed by atoms with E-state index >= 15 is 4.79 Å². The number of allylic oxidation sites excluding steroid dienone is 1. The highest BCUT2D eigenvalue weighted by Crippen LogP contribution is 2.83. The Balaban J connectivity index is 0.971. The Labute approximate surface area is 460 Å². The first kappa shape index (κ1) is 59.5. The zero-order chi connectivity index (χ0) is 53.3. The molecule has 0 radical (unpaired) electrons. The van der Waals surface area contributed by atoms with Crippen molar-refractivity contribution in [3.8, 4) is 11.5 Å². The summed E-state index contributed by atoms with van der Waals surface area (Å²) in [4.78, 5) is 56.5. The SMILES string of the molecule is CCCCCCCCCCCCCCCCCC(=O)Oc1cccc(C2=CC3(C(=O)O2)C2(CCCCC2)C2C(=C4CCCCC4)C(=O)OC23c2cccc(OC(=O)CCCCCCCCCCCCCCCCC)c2)c1. The molecule has 2 aliphatic heterocycles. The Bertz CT molecular complexity index is 2190. The Hall–Kier alpha value is -4.20. The molecule has 76 heavy (non-hydrogen) atoms. The second-order valence-corrected chi connectivity index (χ2v) is 24.0. The van der Waals surface area contributed by atoms with Gasteiger partial charge in [-0.3, -0.25) is 14.4 Å². The quantitative estimate of drug-likeness (QED) is 0.0288. The van der Waals surface area contributed by atoms with E-state index in [2.05, 4.69) is 13.8 Å². The van der Waals surface area contributed by atoms with Gasteiger partial charge >= 0.3 is 23.9 Å². The minimum absolute atomic E-state index is 0.265. The van der Waals surface area contributed by atoms with Gasteiger partial charge in [0, 0.05) is 40.9 Å². The van der Waals surface area contributed by atoms with Gasteiger partial charge < -0.3 is 18.9 Å².